The number of rotatable bonds is 4. The van der Waals surface area contributed by atoms with Gasteiger partial charge in [-0.25, -0.2) is 0 Å². The lowest BCUT2D eigenvalue weighted by Gasteiger charge is -2.35. The van der Waals surface area contributed by atoms with Crippen LogP contribution in [-0.4, -0.2) is 60.9 Å². The average Bonchev–Trinajstić information content (AvgIpc) is 3.13. The molecule has 134 valence electrons. The molecule has 1 heterocycles. The summed E-state index contributed by atoms with van der Waals surface area (Å²) in [5.41, 5.74) is 3.39. The SMILES string of the molecule is COC(=O)CCC(=O)N1CCN(C(=O)c2ccc3c(c2)CCC3)CC1. The largest absolute Gasteiger partial charge is 0.469 e. The van der Waals surface area contributed by atoms with Crippen LogP contribution < -0.4 is 0 Å². The standard InChI is InChI=1S/C19H24N2O4/c1-25-18(23)8-7-17(22)20-9-11-21(12-10-20)19(24)16-6-5-14-3-2-4-15(14)13-16/h5-6,13H,2-4,7-12H2,1H3. The van der Waals surface area contributed by atoms with Crippen LogP contribution in [-0.2, 0) is 27.2 Å². The Hall–Kier alpha value is -2.37. The van der Waals surface area contributed by atoms with E-state index in [4.69, 9.17) is 0 Å². The smallest absolute Gasteiger partial charge is 0.306 e. The summed E-state index contributed by atoms with van der Waals surface area (Å²) in [6.45, 7) is 2.08. The molecule has 0 saturated carbocycles. The summed E-state index contributed by atoms with van der Waals surface area (Å²) in [6, 6.07) is 6.01. The molecule has 0 spiro atoms. The van der Waals surface area contributed by atoms with E-state index in [-0.39, 0.29) is 30.6 Å². The number of carbonyl (C=O) groups is 3. The third-order valence-corrected chi connectivity index (χ3v) is 5.04. The zero-order valence-corrected chi connectivity index (χ0v) is 14.6. The average molecular weight is 344 g/mol. The third kappa shape index (κ3) is 4.00. The Balaban J connectivity index is 1.52. The van der Waals surface area contributed by atoms with Gasteiger partial charge in [-0.15, -0.1) is 0 Å². The van der Waals surface area contributed by atoms with Crippen LogP contribution in [0.4, 0.5) is 0 Å². The maximum atomic E-state index is 12.7. The highest BCUT2D eigenvalue weighted by atomic mass is 16.5. The minimum Gasteiger partial charge on any atom is -0.469 e. The normalized spacial score (nSPS) is 16.5. The van der Waals surface area contributed by atoms with Crippen molar-refractivity contribution in [2.24, 2.45) is 0 Å². The van der Waals surface area contributed by atoms with E-state index < -0.39 is 0 Å². The summed E-state index contributed by atoms with van der Waals surface area (Å²) in [5, 5.41) is 0. The second-order valence-corrected chi connectivity index (χ2v) is 6.59. The van der Waals surface area contributed by atoms with Gasteiger partial charge < -0.3 is 14.5 Å². The lowest BCUT2D eigenvalue weighted by molar-refractivity contribution is -0.143. The van der Waals surface area contributed by atoms with Gasteiger partial charge in [0.2, 0.25) is 5.91 Å². The highest BCUT2D eigenvalue weighted by Crippen LogP contribution is 2.23. The molecular weight excluding hydrogens is 320 g/mol. The highest BCUT2D eigenvalue weighted by molar-refractivity contribution is 5.94. The molecule has 0 atom stereocenters. The molecule has 6 nitrogen and oxygen atoms in total. The van der Waals surface area contributed by atoms with Crippen LogP contribution in [0, 0.1) is 0 Å². The number of methoxy groups -OCH3 is 1. The quantitative estimate of drug-likeness (QED) is 0.775. The maximum Gasteiger partial charge on any atom is 0.306 e. The minimum absolute atomic E-state index is 0.0383. The van der Waals surface area contributed by atoms with Crippen LogP contribution in [0.1, 0.15) is 40.7 Å². The van der Waals surface area contributed by atoms with E-state index in [1.165, 1.54) is 24.7 Å². The van der Waals surface area contributed by atoms with Crippen LogP contribution in [0.5, 0.6) is 0 Å². The van der Waals surface area contributed by atoms with Crippen LogP contribution in [0.15, 0.2) is 18.2 Å². The number of hydrogen-bond acceptors (Lipinski definition) is 4. The summed E-state index contributed by atoms with van der Waals surface area (Å²) in [6.07, 6.45) is 3.59. The monoisotopic (exact) mass is 344 g/mol. The molecule has 1 aliphatic heterocycles. The van der Waals surface area contributed by atoms with Crippen LogP contribution in [0.3, 0.4) is 0 Å². The Morgan fingerprint density at radius 1 is 0.960 bits per heavy atom. The fourth-order valence-corrected chi connectivity index (χ4v) is 3.52. The van der Waals surface area contributed by atoms with E-state index in [2.05, 4.69) is 10.8 Å². The van der Waals surface area contributed by atoms with Gasteiger partial charge in [-0.1, -0.05) is 6.07 Å². The van der Waals surface area contributed by atoms with Gasteiger partial charge in [0.05, 0.1) is 13.5 Å². The Bertz CT molecular complexity index is 678. The topological polar surface area (TPSA) is 66.9 Å². The zero-order valence-electron chi connectivity index (χ0n) is 14.6. The Morgan fingerprint density at radius 3 is 2.36 bits per heavy atom. The number of esters is 1. The molecule has 25 heavy (non-hydrogen) atoms. The van der Waals surface area contributed by atoms with Crippen molar-refractivity contribution in [1.29, 1.82) is 0 Å². The number of fused-ring (bicyclic) bond motifs is 1. The second-order valence-electron chi connectivity index (χ2n) is 6.59. The van der Waals surface area contributed by atoms with Crippen molar-refractivity contribution in [2.45, 2.75) is 32.1 Å². The Labute approximate surface area is 147 Å². The maximum absolute atomic E-state index is 12.7. The molecule has 1 aromatic rings. The molecule has 0 N–H and O–H groups in total. The fourth-order valence-electron chi connectivity index (χ4n) is 3.52. The molecule has 2 aliphatic rings. The number of piperazine rings is 1. The van der Waals surface area contributed by atoms with Gasteiger partial charge in [-0.2, -0.15) is 0 Å². The van der Waals surface area contributed by atoms with Crippen molar-refractivity contribution in [3.8, 4) is 0 Å². The zero-order chi connectivity index (χ0) is 17.8. The van der Waals surface area contributed by atoms with Gasteiger partial charge in [0.15, 0.2) is 0 Å². The molecule has 3 rings (SSSR count). The lowest BCUT2D eigenvalue weighted by Crippen LogP contribution is -2.50. The van der Waals surface area contributed by atoms with E-state index in [0.29, 0.717) is 26.2 Å². The van der Waals surface area contributed by atoms with E-state index in [1.54, 1.807) is 9.80 Å². The predicted octanol–water partition coefficient (Wildman–Crippen LogP) is 1.41. The minimum atomic E-state index is -0.376. The lowest BCUT2D eigenvalue weighted by atomic mass is 10.1. The Kier molecular flexibility index (Phi) is 5.36. The van der Waals surface area contributed by atoms with Crippen molar-refractivity contribution < 1.29 is 19.1 Å². The molecule has 0 bridgehead atoms. The van der Waals surface area contributed by atoms with Gasteiger partial charge in [-0.3, -0.25) is 14.4 Å². The summed E-state index contributed by atoms with van der Waals surface area (Å²) < 4.78 is 4.55. The van der Waals surface area contributed by atoms with Crippen molar-refractivity contribution in [3.63, 3.8) is 0 Å². The number of nitrogens with zero attached hydrogens (tertiary/aromatic N) is 2. The first kappa shape index (κ1) is 17.5. The van der Waals surface area contributed by atoms with Crippen molar-refractivity contribution in [1.82, 2.24) is 9.80 Å². The number of aryl methyl sites for hydroxylation is 2. The summed E-state index contributed by atoms with van der Waals surface area (Å²) >= 11 is 0. The first-order valence-corrected chi connectivity index (χ1v) is 8.84. The van der Waals surface area contributed by atoms with Gasteiger partial charge in [-0.05, 0) is 42.5 Å². The number of carbonyl (C=O) groups excluding carboxylic acids is 3. The molecule has 2 amide bonds. The predicted molar refractivity (Wildman–Crippen MR) is 92.2 cm³/mol. The number of amides is 2. The van der Waals surface area contributed by atoms with Gasteiger partial charge in [0.1, 0.15) is 0 Å². The molecule has 0 unspecified atom stereocenters. The van der Waals surface area contributed by atoms with E-state index in [9.17, 15) is 14.4 Å². The van der Waals surface area contributed by atoms with Gasteiger partial charge in [0, 0.05) is 38.2 Å². The second kappa shape index (κ2) is 7.68. The first-order valence-electron chi connectivity index (χ1n) is 8.84. The highest BCUT2D eigenvalue weighted by Gasteiger charge is 2.25. The molecule has 6 heteroatoms. The molecule has 0 radical (unpaired) electrons. The molecule has 0 aromatic heterocycles. The third-order valence-electron chi connectivity index (χ3n) is 5.04. The summed E-state index contributed by atoms with van der Waals surface area (Å²) in [4.78, 5) is 39.5. The van der Waals surface area contributed by atoms with Gasteiger partial charge >= 0.3 is 5.97 Å². The number of benzene rings is 1. The van der Waals surface area contributed by atoms with Crippen LogP contribution in [0.25, 0.3) is 0 Å². The van der Waals surface area contributed by atoms with Crippen molar-refractivity contribution in [3.05, 3.63) is 34.9 Å². The van der Waals surface area contributed by atoms with E-state index in [0.717, 1.165) is 18.4 Å². The van der Waals surface area contributed by atoms with Crippen molar-refractivity contribution in [2.75, 3.05) is 33.3 Å². The van der Waals surface area contributed by atoms with E-state index in [1.807, 2.05) is 12.1 Å². The summed E-state index contributed by atoms with van der Waals surface area (Å²) in [5.74, 6) is -0.398. The molecular formula is C19H24N2O4. The van der Waals surface area contributed by atoms with E-state index >= 15 is 0 Å². The molecule has 1 aromatic carbocycles. The molecule has 1 aliphatic carbocycles. The van der Waals surface area contributed by atoms with Crippen LogP contribution in [0.2, 0.25) is 0 Å². The number of hydrogen-bond donors (Lipinski definition) is 0. The Morgan fingerprint density at radius 2 is 1.64 bits per heavy atom. The van der Waals surface area contributed by atoms with Crippen LogP contribution >= 0.6 is 0 Å². The summed E-state index contributed by atoms with van der Waals surface area (Å²) in [7, 11) is 1.32. The molecule has 1 fully saturated rings. The van der Waals surface area contributed by atoms with Crippen molar-refractivity contribution >= 4 is 17.8 Å². The van der Waals surface area contributed by atoms with Gasteiger partial charge in [0.25, 0.3) is 5.91 Å². The molecule has 1 saturated heterocycles. The fraction of sp³-hybridized carbons (Fsp3) is 0.526. The first-order chi connectivity index (χ1) is 12.1. The number of ether oxygens (including phenoxy) is 1.